The van der Waals surface area contributed by atoms with Crippen molar-refractivity contribution in [2.24, 2.45) is 5.16 Å². The number of oxime groups is 1. The highest BCUT2D eigenvalue weighted by molar-refractivity contribution is 6.01. The Morgan fingerprint density at radius 2 is 1.81 bits per heavy atom. The minimum absolute atomic E-state index is 0.592. The van der Waals surface area contributed by atoms with Gasteiger partial charge in [-0.2, -0.15) is 0 Å². The maximum absolute atomic E-state index is 5.34. The Morgan fingerprint density at radius 3 is 2.52 bits per heavy atom. The minimum atomic E-state index is 0.592. The van der Waals surface area contributed by atoms with Gasteiger partial charge in [-0.25, -0.2) is 0 Å². The Morgan fingerprint density at radius 1 is 1.10 bits per heavy atom. The van der Waals surface area contributed by atoms with Gasteiger partial charge < -0.3 is 14.5 Å². The summed E-state index contributed by atoms with van der Waals surface area (Å²) in [6.45, 7) is 3.41. The van der Waals surface area contributed by atoms with Gasteiger partial charge in [0.25, 0.3) is 0 Å². The predicted octanol–water partition coefficient (Wildman–Crippen LogP) is 3.15. The van der Waals surface area contributed by atoms with E-state index in [4.69, 9.17) is 9.57 Å². The molecule has 0 bridgehead atoms. The van der Waals surface area contributed by atoms with Crippen molar-refractivity contribution in [3.05, 3.63) is 42.0 Å². The molecule has 21 heavy (non-hydrogen) atoms. The van der Waals surface area contributed by atoms with E-state index in [1.807, 2.05) is 33.2 Å². The SMILES string of the molecule is COc1ccc2cc(C(C)=NOCCN(C)C)ccc2c1. The lowest BCUT2D eigenvalue weighted by Crippen LogP contribution is -2.17. The molecule has 0 saturated heterocycles. The maximum atomic E-state index is 5.34. The number of ether oxygens (including phenoxy) is 1. The first-order valence-electron chi connectivity index (χ1n) is 6.99. The fourth-order valence-electron chi connectivity index (χ4n) is 1.99. The van der Waals surface area contributed by atoms with Gasteiger partial charge in [0.2, 0.25) is 0 Å². The van der Waals surface area contributed by atoms with Crippen molar-refractivity contribution in [2.75, 3.05) is 34.4 Å². The molecule has 0 aliphatic heterocycles. The topological polar surface area (TPSA) is 34.1 Å². The van der Waals surface area contributed by atoms with E-state index in [-0.39, 0.29) is 0 Å². The summed E-state index contributed by atoms with van der Waals surface area (Å²) in [5.41, 5.74) is 1.95. The van der Waals surface area contributed by atoms with E-state index in [9.17, 15) is 0 Å². The van der Waals surface area contributed by atoms with E-state index in [0.717, 1.165) is 34.3 Å². The molecule has 2 aromatic rings. The lowest BCUT2D eigenvalue weighted by atomic mass is 10.0. The van der Waals surface area contributed by atoms with E-state index in [1.165, 1.54) is 0 Å². The minimum Gasteiger partial charge on any atom is -0.497 e. The molecule has 2 aromatic carbocycles. The summed E-state index contributed by atoms with van der Waals surface area (Å²) < 4.78 is 5.24. The zero-order chi connectivity index (χ0) is 15.2. The number of methoxy groups -OCH3 is 1. The molecule has 0 aliphatic carbocycles. The third-order valence-electron chi connectivity index (χ3n) is 3.30. The Balaban J connectivity index is 2.12. The van der Waals surface area contributed by atoms with Crippen molar-refractivity contribution in [1.82, 2.24) is 4.90 Å². The van der Waals surface area contributed by atoms with E-state index in [0.29, 0.717) is 6.61 Å². The zero-order valence-electron chi connectivity index (χ0n) is 13.1. The van der Waals surface area contributed by atoms with Gasteiger partial charge in [0.1, 0.15) is 12.4 Å². The van der Waals surface area contributed by atoms with Crippen molar-refractivity contribution in [1.29, 1.82) is 0 Å². The summed E-state index contributed by atoms with van der Waals surface area (Å²) in [6.07, 6.45) is 0. The van der Waals surface area contributed by atoms with Gasteiger partial charge in [0.05, 0.1) is 12.8 Å². The molecule has 0 fully saturated rings. The summed E-state index contributed by atoms with van der Waals surface area (Å²) in [5, 5.41) is 6.49. The molecule has 0 radical (unpaired) electrons. The quantitative estimate of drug-likeness (QED) is 0.465. The van der Waals surface area contributed by atoms with Crippen LogP contribution in [0.1, 0.15) is 12.5 Å². The molecule has 0 saturated carbocycles. The number of hydrogen-bond donors (Lipinski definition) is 0. The highest BCUT2D eigenvalue weighted by Crippen LogP contribution is 2.22. The molecular weight excluding hydrogens is 264 g/mol. The fourth-order valence-corrected chi connectivity index (χ4v) is 1.99. The van der Waals surface area contributed by atoms with Crippen molar-refractivity contribution in [3.63, 3.8) is 0 Å². The molecule has 0 N–H and O–H groups in total. The van der Waals surface area contributed by atoms with Gasteiger partial charge in [-0.1, -0.05) is 23.4 Å². The van der Waals surface area contributed by atoms with E-state index >= 15 is 0 Å². The molecular formula is C17H22N2O2. The molecule has 4 heteroatoms. The molecule has 0 amide bonds. The lowest BCUT2D eigenvalue weighted by Gasteiger charge is -2.08. The monoisotopic (exact) mass is 286 g/mol. The second-order valence-electron chi connectivity index (χ2n) is 5.24. The van der Waals surface area contributed by atoms with Crippen LogP contribution in [0.2, 0.25) is 0 Å². The van der Waals surface area contributed by atoms with Gasteiger partial charge >= 0.3 is 0 Å². The van der Waals surface area contributed by atoms with Crippen LogP contribution in [0.3, 0.4) is 0 Å². The van der Waals surface area contributed by atoms with Crippen molar-refractivity contribution < 1.29 is 9.57 Å². The molecule has 0 heterocycles. The number of fused-ring (bicyclic) bond motifs is 1. The first kappa shape index (κ1) is 15.3. The Labute approximate surface area is 126 Å². The van der Waals surface area contributed by atoms with E-state index in [2.05, 4.69) is 34.3 Å². The molecule has 2 rings (SSSR count). The molecule has 112 valence electrons. The first-order valence-corrected chi connectivity index (χ1v) is 6.99. The normalized spacial score (nSPS) is 12.0. The predicted molar refractivity (Wildman–Crippen MR) is 87.2 cm³/mol. The summed E-state index contributed by atoms with van der Waals surface area (Å²) in [6, 6.07) is 12.3. The number of benzene rings is 2. The number of rotatable bonds is 6. The Kier molecular flexibility index (Phi) is 5.17. The average Bonchev–Trinajstić information content (AvgIpc) is 2.50. The van der Waals surface area contributed by atoms with Crippen LogP contribution in [-0.4, -0.2) is 45.0 Å². The van der Waals surface area contributed by atoms with Gasteiger partial charge in [0.15, 0.2) is 0 Å². The van der Waals surface area contributed by atoms with Crippen LogP contribution in [0.15, 0.2) is 41.6 Å². The second-order valence-corrected chi connectivity index (χ2v) is 5.24. The largest absolute Gasteiger partial charge is 0.497 e. The van der Waals surface area contributed by atoms with Crippen LogP contribution in [0, 0.1) is 0 Å². The highest BCUT2D eigenvalue weighted by Gasteiger charge is 2.02. The van der Waals surface area contributed by atoms with Gasteiger partial charge in [-0.15, -0.1) is 0 Å². The van der Waals surface area contributed by atoms with Crippen molar-refractivity contribution in [2.45, 2.75) is 6.92 Å². The summed E-state index contributed by atoms with van der Waals surface area (Å²) >= 11 is 0. The average molecular weight is 286 g/mol. The van der Waals surface area contributed by atoms with Crippen LogP contribution in [-0.2, 0) is 4.84 Å². The summed E-state index contributed by atoms with van der Waals surface area (Å²) in [4.78, 5) is 7.40. The molecule has 0 aromatic heterocycles. The Bertz CT molecular complexity index is 636. The van der Waals surface area contributed by atoms with Crippen LogP contribution < -0.4 is 4.74 Å². The van der Waals surface area contributed by atoms with Crippen LogP contribution >= 0.6 is 0 Å². The molecule has 4 nitrogen and oxygen atoms in total. The number of hydrogen-bond acceptors (Lipinski definition) is 4. The van der Waals surface area contributed by atoms with Crippen molar-refractivity contribution in [3.8, 4) is 5.75 Å². The maximum Gasteiger partial charge on any atom is 0.129 e. The molecule has 0 atom stereocenters. The number of likely N-dealkylation sites (N-methyl/N-ethyl adjacent to an activating group) is 1. The van der Waals surface area contributed by atoms with Gasteiger partial charge in [0, 0.05) is 6.54 Å². The lowest BCUT2D eigenvalue weighted by molar-refractivity contribution is 0.126. The Hall–Kier alpha value is -2.07. The third kappa shape index (κ3) is 4.20. The molecule has 0 aliphatic rings. The van der Waals surface area contributed by atoms with Crippen LogP contribution in [0.4, 0.5) is 0 Å². The van der Waals surface area contributed by atoms with Crippen molar-refractivity contribution >= 4 is 16.5 Å². The van der Waals surface area contributed by atoms with E-state index in [1.54, 1.807) is 7.11 Å². The fraction of sp³-hybridized carbons (Fsp3) is 0.353. The standard InChI is InChI=1S/C17H22N2O2/c1-13(18-21-10-9-19(2)3)14-5-6-16-12-17(20-4)8-7-15(16)11-14/h5-8,11-12H,9-10H2,1-4H3. The van der Waals surface area contributed by atoms with Crippen LogP contribution in [0.5, 0.6) is 5.75 Å². The third-order valence-corrected chi connectivity index (χ3v) is 3.30. The van der Waals surface area contributed by atoms with E-state index < -0.39 is 0 Å². The molecule has 0 spiro atoms. The smallest absolute Gasteiger partial charge is 0.129 e. The van der Waals surface area contributed by atoms with Crippen LogP contribution in [0.25, 0.3) is 10.8 Å². The van der Waals surface area contributed by atoms with Gasteiger partial charge in [-0.05, 0) is 55.6 Å². The zero-order valence-corrected chi connectivity index (χ0v) is 13.1. The highest BCUT2D eigenvalue weighted by atomic mass is 16.6. The summed E-state index contributed by atoms with van der Waals surface area (Å²) in [7, 11) is 5.70. The summed E-state index contributed by atoms with van der Waals surface area (Å²) in [5.74, 6) is 0.868. The number of nitrogens with zero attached hydrogens (tertiary/aromatic N) is 2. The molecule has 0 unspecified atom stereocenters. The second kappa shape index (κ2) is 7.09. The van der Waals surface area contributed by atoms with Gasteiger partial charge in [-0.3, -0.25) is 0 Å². The first-order chi connectivity index (χ1) is 10.1.